The highest BCUT2D eigenvalue weighted by molar-refractivity contribution is 7.18. The van der Waals surface area contributed by atoms with Gasteiger partial charge in [-0.05, 0) is 62.2 Å². The van der Waals surface area contributed by atoms with Crippen molar-refractivity contribution in [1.29, 1.82) is 0 Å². The summed E-state index contributed by atoms with van der Waals surface area (Å²) in [5, 5.41) is 1.72. The van der Waals surface area contributed by atoms with Gasteiger partial charge in [0.1, 0.15) is 0 Å². The van der Waals surface area contributed by atoms with Crippen molar-refractivity contribution in [1.82, 2.24) is 14.9 Å². The summed E-state index contributed by atoms with van der Waals surface area (Å²) in [5.41, 5.74) is 4.55. The van der Waals surface area contributed by atoms with Gasteiger partial charge in [0.05, 0.1) is 20.9 Å². The van der Waals surface area contributed by atoms with E-state index in [4.69, 9.17) is 16.6 Å². The molecule has 0 N–H and O–H groups in total. The Balaban J connectivity index is 1.37. The van der Waals surface area contributed by atoms with Crippen molar-refractivity contribution in [2.45, 2.75) is 25.7 Å². The molecule has 5 rings (SSSR count). The maximum absolute atomic E-state index is 13.2. The zero-order valence-corrected chi connectivity index (χ0v) is 18.8. The quantitative estimate of drug-likeness (QED) is 0.368. The van der Waals surface area contributed by atoms with E-state index in [1.807, 2.05) is 66.4 Å². The predicted molar refractivity (Wildman–Crippen MR) is 127 cm³/mol. The van der Waals surface area contributed by atoms with Crippen LogP contribution in [0.2, 0.25) is 5.02 Å². The molecule has 156 valence electrons. The van der Waals surface area contributed by atoms with Gasteiger partial charge in [0.25, 0.3) is 5.91 Å². The molecule has 6 heteroatoms. The van der Waals surface area contributed by atoms with Crippen LogP contribution in [-0.4, -0.2) is 33.9 Å². The third-order valence-electron chi connectivity index (χ3n) is 5.76. The van der Waals surface area contributed by atoms with E-state index in [9.17, 15) is 4.79 Å². The number of amides is 1. The van der Waals surface area contributed by atoms with Crippen molar-refractivity contribution >= 4 is 39.1 Å². The van der Waals surface area contributed by atoms with Crippen molar-refractivity contribution in [3.8, 4) is 11.3 Å². The van der Waals surface area contributed by atoms with Crippen molar-refractivity contribution in [3.05, 3.63) is 82.0 Å². The normalized spacial score (nSPS) is 16.6. The van der Waals surface area contributed by atoms with Gasteiger partial charge in [0, 0.05) is 40.9 Å². The number of aromatic nitrogens is 2. The molecule has 1 saturated heterocycles. The summed E-state index contributed by atoms with van der Waals surface area (Å²) in [6.07, 6.45) is 2.00. The summed E-state index contributed by atoms with van der Waals surface area (Å²) in [5.74, 6) is 0.297. The zero-order chi connectivity index (χ0) is 21.4. The first-order valence-electron chi connectivity index (χ1n) is 10.5. The van der Waals surface area contributed by atoms with Crippen LogP contribution in [-0.2, 0) is 0 Å². The summed E-state index contributed by atoms with van der Waals surface area (Å²) in [7, 11) is 0. The molecule has 1 aliphatic heterocycles. The van der Waals surface area contributed by atoms with Crippen LogP contribution in [0.15, 0.2) is 60.7 Å². The molecule has 0 radical (unpaired) electrons. The standard InChI is InChI=1S/C25H22ClN3OS/c1-16-27-23-14-18(10-11-24(23)31-16)25(30)29-12-4-6-19(15-29)22-9-3-8-21(28-22)17-5-2-7-20(26)13-17/h2-3,5,7-11,13-14,19H,4,6,12,15H2,1H3/t19-/m0/s1. The number of fused-ring (bicyclic) bond motifs is 1. The molecule has 2 aromatic heterocycles. The number of carbonyl (C=O) groups excluding carboxylic acids is 1. The Morgan fingerprint density at radius 3 is 2.84 bits per heavy atom. The third-order valence-corrected chi connectivity index (χ3v) is 6.95. The number of likely N-dealkylation sites (tertiary alicyclic amines) is 1. The number of pyridine rings is 1. The van der Waals surface area contributed by atoms with Crippen LogP contribution in [0.1, 0.15) is 39.8 Å². The van der Waals surface area contributed by atoms with E-state index in [0.717, 1.165) is 51.6 Å². The highest BCUT2D eigenvalue weighted by atomic mass is 35.5. The van der Waals surface area contributed by atoms with Crippen molar-refractivity contribution in [2.75, 3.05) is 13.1 Å². The molecule has 0 aliphatic carbocycles. The van der Waals surface area contributed by atoms with Gasteiger partial charge in [-0.15, -0.1) is 11.3 Å². The van der Waals surface area contributed by atoms with Crippen LogP contribution in [0, 0.1) is 6.92 Å². The molecular formula is C25H22ClN3OS. The summed E-state index contributed by atoms with van der Waals surface area (Å²) in [6, 6.07) is 19.7. The van der Waals surface area contributed by atoms with E-state index in [-0.39, 0.29) is 11.8 Å². The van der Waals surface area contributed by atoms with E-state index in [0.29, 0.717) is 17.1 Å². The topological polar surface area (TPSA) is 46.1 Å². The van der Waals surface area contributed by atoms with Crippen LogP contribution in [0.3, 0.4) is 0 Å². The van der Waals surface area contributed by atoms with Gasteiger partial charge in [0.2, 0.25) is 0 Å². The number of aryl methyl sites for hydroxylation is 1. The lowest BCUT2D eigenvalue weighted by molar-refractivity contribution is 0.0706. The molecule has 2 aromatic carbocycles. The number of halogens is 1. The second-order valence-electron chi connectivity index (χ2n) is 7.96. The number of rotatable bonds is 3. The Kier molecular flexibility index (Phi) is 5.47. The van der Waals surface area contributed by atoms with Crippen molar-refractivity contribution in [2.24, 2.45) is 0 Å². The number of thiazole rings is 1. The first-order valence-corrected chi connectivity index (χ1v) is 11.7. The van der Waals surface area contributed by atoms with Crippen LogP contribution in [0.4, 0.5) is 0 Å². The molecule has 31 heavy (non-hydrogen) atoms. The van der Waals surface area contributed by atoms with Gasteiger partial charge in [-0.25, -0.2) is 4.98 Å². The minimum absolute atomic E-state index is 0.0725. The molecule has 0 bridgehead atoms. The first kappa shape index (κ1) is 20.2. The molecule has 1 atom stereocenters. The van der Waals surface area contributed by atoms with Crippen molar-refractivity contribution in [3.63, 3.8) is 0 Å². The van der Waals surface area contributed by atoms with E-state index in [1.54, 1.807) is 11.3 Å². The SMILES string of the molecule is Cc1nc2cc(C(=O)N3CCC[C@H](c4cccc(-c5cccc(Cl)c5)n4)C3)ccc2s1. The summed E-state index contributed by atoms with van der Waals surface area (Å²) < 4.78 is 1.12. The number of nitrogens with zero attached hydrogens (tertiary/aromatic N) is 3. The highest BCUT2D eigenvalue weighted by Gasteiger charge is 2.26. The summed E-state index contributed by atoms with van der Waals surface area (Å²) in [4.78, 5) is 24.6. The lowest BCUT2D eigenvalue weighted by atomic mass is 9.93. The van der Waals surface area contributed by atoms with Crippen molar-refractivity contribution < 1.29 is 4.79 Å². The molecule has 4 nitrogen and oxygen atoms in total. The number of benzene rings is 2. The van der Waals surface area contributed by atoms with Gasteiger partial charge in [-0.3, -0.25) is 9.78 Å². The Hall–Kier alpha value is -2.76. The zero-order valence-electron chi connectivity index (χ0n) is 17.2. The molecule has 0 saturated carbocycles. The Labute approximate surface area is 190 Å². The second-order valence-corrected chi connectivity index (χ2v) is 9.63. The van der Waals surface area contributed by atoms with Gasteiger partial charge < -0.3 is 4.90 Å². The van der Waals surface area contributed by atoms with Crippen LogP contribution in [0.5, 0.6) is 0 Å². The fourth-order valence-corrected chi connectivity index (χ4v) is 5.25. The van der Waals surface area contributed by atoms with Crippen LogP contribution in [0.25, 0.3) is 21.5 Å². The Bertz CT molecular complexity index is 1270. The summed E-state index contributed by atoms with van der Waals surface area (Å²) >= 11 is 7.81. The van der Waals surface area contributed by atoms with Crippen LogP contribution >= 0.6 is 22.9 Å². The number of hydrogen-bond acceptors (Lipinski definition) is 4. The second kappa shape index (κ2) is 8.40. The van der Waals surface area contributed by atoms with Gasteiger partial charge >= 0.3 is 0 Å². The van der Waals surface area contributed by atoms with Gasteiger partial charge in [-0.2, -0.15) is 0 Å². The van der Waals surface area contributed by atoms with Gasteiger partial charge in [-0.1, -0.05) is 29.8 Å². The smallest absolute Gasteiger partial charge is 0.253 e. The minimum atomic E-state index is 0.0725. The predicted octanol–water partition coefficient (Wildman–Crippen LogP) is 6.34. The molecule has 3 heterocycles. The molecule has 1 fully saturated rings. The van der Waals surface area contributed by atoms with Gasteiger partial charge in [0.15, 0.2) is 0 Å². The van der Waals surface area contributed by atoms with E-state index in [1.165, 1.54) is 0 Å². The summed E-state index contributed by atoms with van der Waals surface area (Å²) in [6.45, 7) is 3.45. The maximum Gasteiger partial charge on any atom is 0.253 e. The fraction of sp³-hybridized carbons (Fsp3) is 0.240. The third kappa shape index (κ3) is 4.21. The molecule has 0 spiro atoms. The molecule has 1 amide bonds. The Morgan fingerprint density at radius 1 is 1.10 bits per heavy atom. The average molecular weight is 448 g/mol. The molecule has 0 unspecified atom stereocenters. The largest absolute Gasteiger partial charge is 0.338 e. The lowest BCUT2D eigenvalue weighted by Gasteiger charge is -2.32. The van der Waals surface area contributed by atoms with E-state index < -0.39 is 0 Å². The number of carbonyl (C=O) groups is 1. The number of hydrogen-bond donors (Lipinski definition) is 0. The maximum atomic E-state index is 13.2. The average Bonchev–Trinajstić information content (AvgIpc) is 3.18. The monoisotopic (exact) mass is 447 g/mol. The highest BCUT2D eigenvalue weighted by Crippen LogP contribution is 2.30. The Morgan fingerprint density at radius 2 is 1.97 bits per heavy atom. The molecule has 4 aromatic rings. The first-order chi connectivity index (χ1) is 15.1. The molecule has 1 aliphatic rings. The lowest BCUT2D eigenvalue weighted by Crippen LogP contribution is -2.39. The number of piperidine rings is 1. The van der Waals surface area contributed by atoms with E-state index >= 15 is 0 Å². The minimum Gasteiger partial charge on any atom is -0.338 e. The van der Waals surface area contributed by atoms with E-state index in [2.05, 4.69) is 11.1 Å². The molecular weight excluding hydrogens is 426 g/mol. The fourth-order valence-electron chi connectivity index (χ4n) is 4.25. The van der Waals surface area contributed by atoms with Crippen LogP contribution < -0.4 is 0 Å².